The van der Waals surface area contributed by atoms with Crippen molar-refractivity contribution in [3.8, 4) is 0 Å². The monoisotopic (exact) mass is 288 g/mol. The van der Waals surface area contributed by atoms with Crippen LogP contribution in [0.15, 0.2) is 36.5 Å². The average Bonchev–Trinajstić information content (AvgIpc) is 2.37. The summed E-state index contributed by atoms with van der Waals surface area (Å²) >= 11 is 0. The number of anilines is 2. The molecular weight excluding hydrogens is 271 g/mol. The number of hydrogen-bond donors (Lipinski definition) is 2. The largest absolute Gasteiger partial charge is 0.346 e. The highest BCUT2D eigenvalue weighted by Gasteiger charge is 2.16. The number of nitrogens with zero attached hydrogens (tertiary/aromatic N) is 2. The van der Waals surface area contributed by atoms with E-state index in [1.54, 1.807) is 12.1 Å². The van der Waals surface area contributed by atoms with Crippen LogP contribution < -0.4 is 10.6 Å². The Morgan fingerprint density at radius 1 is 1.24 bits per heavy atom. The van der Waals surface area contributed by atoms with E-state index < -0.39 is 0 Å². The maximum absolute atomic E-state index is 13.1. The Balaban J connectivity index is 2.16. The lowest BCUT2D eigenvalue weighted by Crippen LogP contribution is -2.41. The van der Waals surface area contributed by atoms with Gasteiger partial charge in [-0.25, -0.2) is 14.4 Å². The minimum Gasteiger partial charge on any atom is -0.346 e. The van der Waals surface area contributed by atoms with Gasteiger partial charge in [0.2, 0.25) is 5.95 Å². The van der Waals surface area contributed by atoms with Crippen LogP contribution in [0.2, 0.25) is 0 Å². The zero-order chi connectivity index (χ0) is 15.5. The number of carbonyl (C=O) groups excluding carboxylic acids is 1. The number of carbonyl (C=O) groups is 1. The van der Waals surface area contributed by atoms with Crippen LogP contribution in [-0.2, 0) is 0 Å². The standard InChI is InChI=1S/C15H17FN4O/c1-15(2,3)20-13(21)12-7-8-17-14(19-12)18-11-6-4-5-10(16)9-11/h4-9H,1-3H3,(H,20,21)(H,17,18,19). The Morgan fingerprint density at radius 3 is 2.67 bits per heavy atom. The highest BCUT2D eigenvalue weighted by molar-refractivity contribution is 5.92. The molecule has 0 saturated heterocycles. The lowest BCUT2D eigenvalue weighted by atomic mass is 10.1. The van der Waals surface area contributed by atoms with Gasteiger partial charge in [0.05, 0.1) is 0 Å². The molecule has 1 heterocycles. The number of aromatic nitrogens is 2. The molecule has 21 heavy (non-hydrogen) atoms. The minimum absolute atomic E-state index is 0.238. The first kappa shape index (κ1) is 14.9. The first-order valence-corrected chi connectivity index (χ1v) is 6.52. The molecule has 0 aliphatic rings. The summed E-state index contributed by atoms with van der Waals surface area (Å²) in [5.74, 6) is -0.406. The van der Waals surface area contributed by atoms with E-state index in [0.717, 1.165) is 0 Å². The summed E-state index contributed by atoms with van der Waals surface area (Å²) in [7, 11) is 0. The molecule has 0 atom stereocenters. The number of benzene rings is 1. The summed E-state index contributed by atoms with van der Waals surface area (Å²) < 4.78 is 13.1. The fourth-order valence-corrected chi connectivity index (χ4v) is 1.65. The quantitative estimate of drug-likeness (QED) is 0.911. The Bertz CT molecular complexity index is 652. The molecule has 5 nitrogen and oxygen atoms in total. The maximum atomic E-state index is 13.1. The van der Waals surface area contributed by atoms with Crippen LogP contribution in [-0.4, -0.2) is 21.4 Å². The normalized spacial score (nSPS) is 11.0. The molecule has 2 N–H and O–H groups in total. The zero-order valence-electron chi connectivity index (χ0n) is 12.1. The lowest BCUT2D eigenvalue weighted by molar-refractivity contribution is 0.0914. The topological polar surface area (TPSA) is 66.9 Å². The summed E-state index contributed by atoms with van der Waals surface area (Å²) in [6.07, 6.45) is 1.48. The molecule has 1 amide bonds. The molecule has 110 valence electrons. The van der Waals surface area contributed by atoms with Gasteiger partial charge in [0.1, 0.15) is 11.5 Å². The Hall–Kier alpha value is -2.50. The van der Waals surface area contributed by atoms with Crippen molar-refractivity contribution >= 4 is 17.5 Å². The summed E-state index contributed by atoms with van der Waals surface area (Å²) in [6.45, 7) is 5.66. The fourth-order valence-electron chi connectivity index (χ4n) is 1.65. The second kappa shape index (κ2) is 5.87. The molecule has 0 spiro atoms. The van der Waals surface area contributed by atoms with E-state index in [1.165, 1.54) is 24.4 Å². The predicted octanol–water partition coefficient (Wildman–Crippen LogP) is 2.89. The molecule has 0 unspecified atom stereocenters. The SMILES string of the molecule is CC(C)(C)NC(=O)c1ccnc(Nc2cccc(F)c2)n1. The van der Waals surface area contributed by atoms with Crippen molar-refractivity contribution in [3.05, 3.63) is 48.0 Å². The van der Waals surface area contributed by atoms with E-state index in [4.69, 9.17) is 0 Å². The van der Waals surface area contributed by atoms with E-state index in [2.05, 4.69) is 20.6 Å². The van der Waals surface area contributed by atoms with E-state index in [-0.39, 0.29) is 28.9 Å². The van der Waals surface area contributed by atoms with Crippen LogP contribution in [0.1, 0.15) is 31.3 Å². The molecule has 0 radical (unpaired) electrons. The summed E-state index contributed by atoms with van der Waals surface area (Å²) in [5, 5.41) is 5.68. The molecule has 0 aliphatic carbocycles. The first-order chi connectivity index (χ1) is 9.83. The van der Waals surface area contributed by atoms with Crippen LogP contribution in [0, 0.1) is 5.82 Å². The van der Waals surface area contributed by atoms with Gasteiger partial charge in [-0.1, -0.05) is 6.07 Å². The molecule has 0 aliphatic heterocycles. The third kappa shape index (κ3) is 4.52. The molecular formula is C15H17FN4O. The van der Waals surface area contributed by atoms with Crippen molar-refractivity contribution < 1.29 is 9.18 Å². The van der Waals surface area contributed by atoms with E-state index >= 15 is 0 Å². The summed E-state index contributed by atoms with van der Waals surface area (Å²) in [4.78, 5) is 20.2. The van der Waals surface area contributed by atoms with Crippen molar-refractivity contribution in [1.29, 1.82) is 0 Å². The number of rotatable bonds is 3. The van der Waals surface area contributed by atoms with Crippen LogP contribution in [0.4, 0.5) is 16.0 Å². The van der Waals surface area contributed by atoms with Gasteiger partial charge in [-0.2, -0.15) is 0 Å². The zero-order valence-corrected chi connectivity index (χ0v) is 12.1. The van der Waals surface area contributed by atoms with Gasteiger partial charge in [0, 0.05) is 17.4 Å². The maximum Gasteiger partial charge on any atom is 0.270 e. The molecule has 0 bridgehead atoms. The first-order valence-electron chi connectivity index (χ1n) is 6.52. The van der Waals surface area contributed by atoms with Gasteiger partial charge in [-0.15, -0.1) is 0 Å². The summed E-state index contributed by atoms with van der Waals surface area (Å²) in [6, 6.07) is 7.46. The van der Waals surface area contributed by atoms with Crippen LogP contribution >= 0.6 is 0 Å². The van der Waals surface area contributed by atoms with E-state index in [0.29, 0.717) is 5.69 Å². The van der Waals surface area contributed by atoms with Gasteiger partial charge in [0.25, 0.3) is 5.91 Å². The Morgan fingerprint density at radius 2 is 2.00 bits per heavy atom. The average molecular weight is 288 g/mol. The number of hydrogen-bond acceptors (Lipinski definition) is 4. The van der Waals surface area contributed by atoms with Crippen LogP contribution in [0.25, 0.3) is 0 Å². The van der Waals surface area contributed by atoms with E-state index in [9.17, 15) is 9.18 Å². The number of amides is 1. The third-order valence-corrected chi connectivity index (χ3v) is 2.46. The molecule has 2 rings (SSSR count). The van der Waals surface area contributed by atoms with Gasteiger partial charge in [-0.3, -0.25) is 4.79 Å². The third-order valence-electron chi connectivity index (χ3n) is 2.46. The Labute approximate surface area is 122 Å². The van der Waals surface area contributed by atoms with Crippen molar-refractivity contribution in [1.82, 2.24) is 15.3 Å². The highest BCUT2D eigenvalue weighted by Crippen LogP contribution is 2.14. The number of halogens is 1. The minimum atomic E-state index is -0.360. The highest BCUT2D eigenvalue weighted by atomic mass is 19.1. The van der Waals surface area contributed by atoms with Crippen molar-refractivity contribution in [2.24, 2.45) is 0 Å². The van der Waals surface area contributed by atoms with Crippen LogP contribution in [0.3, 0.4) is 0 Å². The van der Waals surface area contributed by atoms with Gasteiger partial charge in [-0.05, 0) is 45.0 Å². The smallest absolute Gasteiger partial charge is 0.270 e. The van der Waals surface area contributed by atoms with Gasteiger partial charge in [0.15, 0.2) is 0 Å². The fraction of sp³-hybridized carbons (Fsp3) is 0.267. The van der Waals surface area contributed by atoms with Crippen molar-refractivity contribution in [2.45, 2.75) is 26.3 Å². The molecule has 1 aromatic carbocycles. The van der Waals surface area contributed by atoms with Crippen molar-refractivity contribution in [2.75, 3.05) is 5.32 Å². The van der Waals surface area contributed by atoms with Crippen LogP contribution in [0.5, 0.6) is 0 Å². The van der Waals surface area contributed by atoms with Gasteiger partial charge >= 0.3 is 0 Å². The lowest BCUT2D eigenvalue weighted by Gasteiger charge is -2.20. The molecule has 0 saturated carbocycles. The molecule has 2 aromatic rings. The molecule has 0 fully saturated rings. The molecule has 1 aromatic heterocycles. The summed E-state index contributed by atoms with van der Waals surface area (Å²) in [5.41, 5.74) is 0.417. The van der Waals surface area contributed by atoms with Crippen molar-refractivity contribution in [3.63, 3.8) is 0 Å². The van der Waals surface area contributed by atoms with E-state index in [1.807, 2.05) is 20.8 Å². The Kier molecular flexibility index (Phi) is 4.16. The second-order valence-electron chi connectivity index (χ2n) is 5.60. The number of nitrogens with one attached hydrogen (secondary N) is 2. The molecule has 6 heteroatoms. The van der Waals surface area contributed by atoms with Gasteiger partial charge < -0.3 is 10.6 Å². The second-order valence-corrected chi connectivity index (χ2v) is 5.60. The predicted molar refractivity (Wildman–Crippen MR) is 78.9 cm³/mol.